The lowest BCUT2D eigenvalue weighted by Crippen LogP contribution is -2.40. The Morgan fingerprint density at radius 3 is 2.95 bits per heavy atom. The van der Waals surface area contributed by atoms with Crippen LogP contribution in [-0.2, 0) is 4.79 Å². The van der Waals surface area contributed by atoms with Gasteiger partial charge in [-0.1, -0.05) is 19.8 Å². The molecule has 0 saturated carbocycles. The number of carbonyl (C=O) groups excluding carboxylic acids is 1. The number of carbonyl (C=O) groups is 1. The van der Waals surface area contributed by atoms with Crippen LogP contribution in [0.15, 0.2) is 18.2 Å². The molecule has 0 aliphatic carbocycles. The highest BCUT2D eigenvalue weighted by atomic mass is 16.6. The lowest BCUT2D eigenvalue weighted by Gasteiger charge is -2.27. The van der Waals surface area contributed by atoms with E-state index in [9.17, 15) is 4.79 Å². The quantitative estimate of drug-likeness (QED) is 0.750. The van der Waals surface area contributed by atoms with Crippen molar-refractivity contribution >= 4 is 5.91 Å². The first kappa shape index (κ1) is 16.5. The first-order chi connectivity index (χ1) is 10.7. The number of rotatable bonds is 8. The van der Waals surface area contributed by atoms with E-state index >= 15 is 0 Å². The second kappa shape index (κ2) is 8.51. The molecule has 1 aliphatic heterocycles. The highest BCUT2D eigenvalue weighted by Crippen LogP contribution is 2.34. The third-order valence-corrected chi connectivity index (χ3v) is 3.48. The zero-order valence-corrected chi connectivity index (χ0v) is 13.4. The number of benzene rings is 1. The van der Waals surface area contributed by atoms with E-state index in [1.54, 1.807) is 0 Å². The molecule has 5 heteroatoms. The topological polar surface area (TPSA) is 56.8 Å². The van der Waals surface area contributed by atoms with Gasteiger partial charge in [-0.3, -0.25) is 4.79 Å². The van der Waals surface area contributed by atoms with Gasteiger partial charge in [-0.15, -0.1) is 0 Å². The van der Waals surface area contributed by atoms with Crippen LogP contribution in [0, 0.1) is 0 Å². The van der Waals surface area contributed by atoms with E-state index in [0.29, 0.717) is 37.7 Å². The van der Waals surface area contributed by atoms with Crippen LogP contribution in [0.4, 0.5) is 0 Å². The predicted molar refractivity (Wildman–Crippen MR) is 84.7 cm³/mol. The summed E-state index contributed by atoms with van der Waals surface area (Å²) >= 11 is 0. The first-order valence-corrected chi connectivity index (χ1v) is 8.06. The summed E-state index contributed by atoms with van der Waals surface area (Å²) in [6.07, 6.45) is 3.55. The fraction of sp³-hybridized carbons (Fsp3) is 0.588. The summed E-state index contributed by atoms with van der Waals surface area (Å²) in [5, 5.41) is 2.91. The van der Waals surface area contributed by atoms with Gasteiger partial charge >= 0.3 is 0 Å². The molecule has 122 valence electrons. The van der Waals surface area contributed by atoms with E-state index in [1.807, 2.05) is 25.1 Å². The molecule has 0 fully saturated rings. The van der Waals surface area contributed by atoms with Gasteiger partial charge in [0.05, 0.1) is 13.2 Å². The molecule has 1 unspecified atom stereocenters. The maximum Gasteiger partial charge on any atom is 0.220 e. The van der Waals surface area contributed by atoms with E-state index in [1.165, 1.54) is 0 Å². The summed E-state index contributed by atoms with van der Waals surface area (Å²) in [7, 11) is 0. The lowest BCUT2D eigenvalue weighted by atomic mass is 10.2. The van der Waals surface area contributed by atoms with E-state index in [2.05, 4.69) is 12.2 Å². The Hall–Kier alpha value is -1.91. The average molecular weight is 307 g/mol. The maximum absolute atomic E-state index is 11.7. The van der Waals surface area contributed by atoms with Gasteiger partial charge in [0.15, 0.2) is 11.5 Å². The molecule has 0 bridgehead atoms. The molecule has 1 amide bonds. The number of ether oxygens (including phenoxy) is 3. The van der Waals surface area contributed by atoms with Crippen molar-refractivity contribution in [1.82, 2.24) is 5.32 Å². The van der Waals surface area contributed by atoms with Crippen molar-refractivity contribution < 1.29 is 19.0 Å². The molecular formula is C17H25NO4. The summed E-state index contributed by atoms with van der Waals surface area (Å²) in [5.41, 5.74) is 0. The normalized spacial score (nSPS) is 16.2. The summed E-state index contributed by atoms with van der Waals surface area (Å²) in [4.78, 5) is 11.7. The molecule has 0 aromatic heterocycles. The molecular weight excluding hydrogens is 282 g/mol. The molecule has 0 spiro atoms. The molecule has 22 heavy (non-hydrogen) atoms. The number of amides is 1. The monoisotopic (exact) mass is 307 g/mol. The summed E-state index contributed by atoms with van der Waals surface area (Å²) in [6.45, 7) is 5.57. The standard InChI is InChI=1S/C17H25NO4/c1-3-5-6-7-17(19)18-11-14-12-21-15-9-8-13(20-4-2)10-16(15)22-14/h8-10,14H,3-7,11-12H2,1-2H3,(H,18,19). The van der Waals surface area contributed by atoms with Crippen molar-refractivity contribution in [1.29, 1.82) is 0 Å². The number of unbranched alkanes of at least 4 members (excludes halogenated alkanes) is 2. The van der Waals surface area contributed by atoms with Crippen molar-refractivity contribution in [2.75, 3.05) is 19.8 Å². The molecule has 1 aliphatic rings. The van der Waals surface area contributed by atoms with Crippen LogP contribution in [0.3, 0.4) is 0 Å². The molecule has 0 radical (unpaired) electrons. The SMILES string of the molecule is CCCCCC(=O)NCC1COc2ccc(OCC)cc2O1. The summed E-state index contributed by atoms with van der Waals surface area (Å²) in [5.74, 6) is 2.22. The van der Waals surface area contributed by atoms with E-state index in [-0.39, 0.29) is 12.0 Å². The average Bonchev–Trinajstić information content (AvgIpc) is 2.53. The third kappa shape index (κ3) is 4.83. The highest BCUT2D eigenvalue weighted by Gasteiger charge is 2.22. The van der Waals surface area contributed by atoms with Gasteiger partial charge in [0, 0.05) is 12.5 Å². The third-order valence-electron chi connectivity index (χ3n) is 3.48. The van der Waals surface area contributed by atoms with Crippen molar-refractivity contribution in [2.24, 2.45) is 0 Å². The van der Waals surface area contributed by atoms with Crippen molar-refractivity contribution in [3.63, 3.8) is 0 Å². The molecule has 0 saturated heterocycles. The molecule has 1 atom stereocenters. The molecule has 1 heterocycles. The molecule has 5 nitrogen and oxygen atoms in total. The smallest absolute Gasteiger partial charge is 0.220 e. The van der Waals surface area contributed by atoms with Gasteiger partial charge in [-0.05, 0) is 25.5 Å². The summed E-state index contributed by atoms with van der Waals surface area (Å²) < 4.78 is 17.0. The van der Waals surface area contributed by atoms with Crippen LogP contribution in [0.2, 0.25) is 0 Å². The zero-order valence-electron chi connectivity index (χ0n) is 13.4. The molecule has 1 N–H and O–H groups in total. The zero-order chi connectivity index (χ0) is 15.8. The van der Waals surface area contributed by atoms with Crippen molar-refractivity contribution in [3.05, 3.63) is 18.2 Å². The van der Waals surface area contributed by atoms with Crippen molar-refractivity contribution in [3.8, 4) is 17.2 Å². The molecule has 1 aromatic carbocycles. The number of nitrogens with one attached hydrogen (secondary N) is 1. The Morgan fingerprint density at radius 1 is 1.32 bits per heavy atom. The maximum atomic E-state index is 11.7. The Bertz CT molecular complexity index is 490. The number of fused-ring (bicyclic) bond motifs is 1. The van der Waals surface area contributed by atoms with E-state index in [0.717, 1.165) is 25.0 Å². The minimum atomic E-state index is -0.167. The van der Waals surface area contributed by atoms with Gasteiger partial charge in [-0.25, -0.2) is 0 Å². The fourth-order valence-electron chi connectivity index (χ4n) is 2.30. The first-order valence-electron chi connectivity index (χ1n) is 8.06. The van der Waals surface area contributed by atoms with Crippen LogP contribution < -0.4 is 19.5 Å². The Morgan fingerprint density at radius 2 is 2.18 bits per heavy atom. The molecule has 1 aromatic rings. The minimum Gasteiger partial charge on any atom is -0.494 e. The second-order valence-electron chi connectivity index (χ2n) is 5.35. The number of hydrogen-bond donors (Lipinski definition) is 1. The Labute approximate surface area is 131 Å². The highest BCUT2D eigenvalue weighted by molar-refractivity contribution is 5.75. The number of hydrogen-bond acceptors (Lipinski definition) is 4. The van der Waals surface area contributed by atoms with Crippen LogP contribution in [0.5, 0.6) is 17.2 Å². The Kier molecular flexibility index (Phi) is 6.37. The predicted octanol–water partition coefficient (Wildman–Crippen LogP) is 2.92. The Balaban J connectivity index is 1.81. The molecule has 2 rings (SSSR count). The van der Waals surface area contributed by atoms with Crippen LogP contribution in [-0.4, -0.2) is 31.8 Å². The second-order valence-corrected chi connectivity index (χ2v) is 5.35. The van der Waals surface area contributed by atoms with Crippen LogP contribution in [0.25, 0.3) is 0 Å². The van der Waals surface area contributed by atoms with Gasteiger partial charge in [0.1, 0.15) is 18.5 Å². The van der Waals surface area contributed by atoms with E-state index in [4.69, 9.17) is 14.2 Å². The fourth-order valence-corrected chi connectivity index (χ4v) is 2.30. The van der Waals surface area contributed by atoms with Crippen molar-refractivity contribution in [2.45, 2.75) is 45.6 Å². The van der Waals surface area contributed by atoms with Gasteiger partial charge in [0.2, 0.25) is 5.91 Å². The summed E-state index contributed by atoms with van der Waals surface area (Å²) in [6, 6.07) is 5.54. The van der Waals surface area contributed by atoms with Gasteiger partial charge in [-0.2, -0.15) is 0 Å². The van der Waals surface area contributed by atoms with Crippen LogP contribution in [0.1, 0.15) is 39.5 Å². The van der Waals surface area contributed by atoms with E-state index < -0.39 is 0 Å². The largest absolute Gasteiger partial charge is 0.494 e. The lowest BCUT2D eigenvalue weighted by molar-refractivity contribution is -0.121. The van der Waals surface area contributed by atoms with Gasteiger partial charge in [0.25, 0.3) is 0 Å². The minimum absolute atomic E-state index is 0.0749. The van der Waals surface area contributed by atoms with Crippen LogP contribution >= 0.6 is 0 Å². The van der Waals surface area contributed by atoms with Gasteiger partial charge < -0.3 is 19.5 Å².